The van der Waals surface area contributed by atoms with Crippen molar-refractivity contribution in [3.05, 3.63) is 0 Å². The third kappa shape index (κ3) is 3.43. The minimum atomic E-state index is 0.396. The minimum absolute atomic E-state index is 0.396. The maximum Gasteiger partial charge on any atom is 0.0554 e. The molecule has 0 aromatic rings. The van der Waals surface area contributed by atoms with Crippen LogP contribution in [0.2, 0.25) is 0 Å². The highest BCUT2D eigenvalue weighted by Crippen LogP contribution is 2.26. The Morgan fingerprint density at radius 1 is 1.47 bits per heavy atom. The van der Waals surface area contributed by atoms with Gasteiger partial charge >= 0.3 is 0 Å². The predicted molar refractivity (Wildman–Crippen MR) is 71.2 cm³/mol. The average Bonchev–Trinajstić information content (AvgIpc) is 2.33. The number of rotatable bonds is 5. The molecule has 2 fully saturated rings. The molecule has 0 aliphatic carbocycles. The van der Waals surface area contributed by atoms with E-state index in [9.17, 15) is 0 Å². The van der Waals surface area contributed by atoms with Gasteiger partial charge in [-0.15, -0.1) is 0 Å². The van der Waals surface area contributed by atoms with Gasteiger partial charge in [-0.05, 0) is 38.8 Å². The van der Waals surface area contributed by atoms with Crippen LogP contribution < -0.4 is 5.32 Å². The normalized spacial score (nSPS) is 30.9. The zero-order chi connectivity index (χ0) is 12.3. The number of likely N-dealkylation sites (tertiary alicyclic amines) is 1. The maximum absolute atomic E-state index is 5.30. The van der Waals surface area contributed by atoms with Gasteiger partial charge in [0.25, 0.3) is 0 Å². The smallest absolute Gasteiger partial charge is 0.0554 e. The molecule has 0 bridgehead atoms. The lowest BCUT2D eigenvalue weighted by atomic mass is 9.86. The summed E-state index contributed by atoms with van der Waals surface area (Å²) in [5.74, 6) is 0.827. The molecule has 100 valence electrons. The molecule has 3 heteroatoms. The topological polar surface area (TPSA) is 24.5 Å². The molecule has 17 heavy (non-hydrogen) atoms. The van der Waals surface area contributed by atoms with Gasteiger partial charge in [-0.2, -0.15) is 0 Å². The molecule has 2 heterocycles. The van der Waals surface area contributed by atoms with E-state index in [2.05, 4.69) is 31.0 Å². The summed E-state index contributed by atoms with van der Waals surface area (Å²) in [6, 6.07) is 0.641. The first-order chi connectivity index (χ1) is 8.13. The van der Waals surface area contributed by atoms with E-state index in [0.717, 1.165) is 25.7 Å². The van der Waals surface area contributed by atoms with E-state index in [1.807, 2.05) is 0 Å². The lowest BCUT2D eigenvalue weighted by molar-refractivity contribution is -0.101. The molecule has 0 amide bonds. The van der Waals surface area contributed by atoms with Crippen molar-refractivity contribution in [3.63, 3.8) is 0 Å². The van der Waals surface area contributed by atoms with Crippen LogP contribution in [0.3, 0.4) is 0 Å². The molecular formula is C14H28N2O. The van der Waals surface area contributed by atoms with Gasteiger partial charge in [0.2, 0.25) is 0 Å². The lowest BCUT2D eigenvalue weighted by Gasteiger charge is -2.41. The fourth-order valence-electron chi connectivity index (χ4n) is 2.91. The monoisotopic (exact) mass is 240 g/mol. The van der Waals surface area contributed by atoms with E-state index in [4.69, 9.17) is 4.74 Å². The van der Waals surface area contributed by atoms with Crippen molar-refractivity contribution < 1.29 is 4.74 Å². The first-order valence-corrected chi connectivity index (χ1v) is 7.16. The highest BCUT2D eigenvalue weighted by molar-refractivity contribution is 4.86. The number of ether oxygens (including phenoxy) is 1. The standard InChI is InChI=1S/C14H28N2O/c1-4-16-7-5-6-13(8-16)12(2)15-9-14(3)10-17-11-14/h12-13,15H,4-11H2,1-3H3. The molecule has 0 saturated carbocycles. The van der Waals surface area contributed by atoms with Gasteiger partial charge in [0.1, 0.15) is 0 Å². The molecule has 2 rings (SSSR count). The van der Waals surface area contributed by atoms with Crippen molar-refractivity contribution in [2.75, 3.05) is 39.4 Å². The Balaban J connectivity index is 1.73. The summed E-state index contributed by atoms with van der Waals surface area (Å²) in [6.07, 6.45) is 2.75. The average molecular weight is 240 g/mol. The van der Waals surface area contributed by atoms with Gasteiger partial charge in [-0.25, -0.2) is 0 Å². The summed E-state index contributed by atoms with van der Waals surface area (Å²) < 4.78 is 5.30. The highest BCUT2D eigenvalue weighted by Gasteiger charge is 2.34. The SMILES string of the molecule is CCN1CCCC(C(C)NCC2(C)COC2)C1. The summed E-state index contributed by atoms with van der Waals surface area (Å²) in [4.78, 5) is 2.58. The van der Waals surface area contributed by atoms with E-state index < -0.39 is 0 Å². The summed E-state index contributed by atoms with van der Waals surface area (Å²) in [6.45, 7) is 13.7. The largest absolute Gasteiger partial charge is 0.380 e. The van der Waals surface area contributed by atoms with Crippen LogP contribution in [0.25, 0.3) is 0 Å². The van der Waals surface area contributed by atoms with Crippen molar-refractivity contribution in [1.82, 2.24) is 10.2 Å². The molecule has 0 aromatic heterocycles. The number of nitrogens with zero attached hydrogens (tertiary/aromatic N) is 1. The first-order valence-electron chi connectivity index (χ1n) is 7.16. The summed E-state index contributed by atoms with van der Waals surface area (Å²) in [7, 11) is 0. The van der Waals surface area contributed by atoms with Gasteiger partial charge in [-0.1, -0.05) is 13.8 Å². The van der Waals surface area contributed by atoms with Crippen LogP contribution in [0.5, 0.6) is 0 Å². The van der Waals surface area contributed by atoms with Crippen LogP contribution in [-0.4, -0.2) is 50.3 Å². The van der Waals surface area contributed by atoms with Gasteiger partial charge < -0.3 is 15.0 Å². The van der Waals surface area contributed by atoms with Gasteiger partial charge in [0.05, 0.1) is 13.2 Å². The molecule has 3 nitrogen and oxygen atoms in total. The van der Waals surface area contributed by atoms with Crippen molar-refractivity contribution in [2.24, 2.45) is 11.3 Å². The molecule has 2 atom stereocenters. The van der Waals surface area contributed by atoms with E-state index in [1.165, 1.54) is 32.5 Å². The Bertz CT molecular complexity index is 240. The van der Waals surface area contributed by atoms with Crippen LogP contribution in [0.4, 0.5) is 0 Å². The number of piperidine rings is 1. The van der Waals surface area contributed by atoms with Gasteiger partial charge in [0.15, 0.2) is 0 Å². The van der Waals surface area contributed by atoms with E-state index in [-0.39, 0.29) is 0 Å². The molecule has 0 spiro atoms. The molecule has 1 N–H and O–H groups in total. The maximum atomic E-state index is 5.30. The quantitative estimate of drug-likeness (QED) is 0.792. The third-order valence-electron chi connectivity index (χ3n) is 4.45. The number of nitrogens with one attached hydrogen (secondary N) is 1. The predicted octanol–water partition coefficient (Wildman–Crippen LogP) is 1.73. The van der Waals surface area contributed by atoms with Gasteiger partial charge in [-0.3, -0.25) is 0 Å². The van der Waals surface area contributed by atoms with E-state index >= 15 is 0 Å². The Morgan fingerprint density at radius 2 is 2.24 bits per heavy atom. The summed E-state index contributed by atoms with van der Waals surface area (Å²) in [5.41, 5.74) is 0.396. The van der Waals surface area contributed by atoms with Crippen LogP contribution >= 0.6 is 0 Å². The molecule has 2 saturated heterocycles. The minimum Gasteiger partial charge on any atom is -0.380 e. The lowest BCUT2D eigenvalue weighted by Crippen LogP contribution is -2.52. The fourth-order valence-corrected chi connectivity index (χ4v) is 2.91. The second kappa shape index (κ2) is 5.68. The molecule has 2 unspecified atom stereocenters. The molecular weight excluding hydrogens is 212 g/mol. The van der Waals surface area contributed by atoms with Crippen molar-refractivity contribution in [3.8, 4) is 0 Å². The van der Waals surface area contributed by atoms with Crippen LogP contribution in [0.1, 0.15) is 33.6 Å². The Labute approximate surface area is 106 Å². The zero-order valence-electron chi connectivity index (χ0n) is 11.7. The van der Waals surface area contributed by atoms with E-state index in [1.54, 1.807) is 0 Å². The summed E-state index contributed by atoms with van der Waals surface area (Å²) >= 11 is 0. The fraction of sp³-hybridized carbons (Fsp3) is 1.00. The summed E-state index contributed by atoms with van der Waals surface area (Å²) in [5, 5.41) is 3.73. The molecule has 0 aromatic carbocycles. The van der Waals surface area contributed by atoms with Crippen molar-refractivity contribution >= 4 is 0 Å². The Kier molecular flexibility index (Phi) is 4.45. The second-order valence-corrected chi connectivity index (χ2v) is 6.27. The van der Waals surface area contributed by atoms with Crippen LogP contribution in [0, 0.1) is 11.3 Å². The zero-order valence-corrected chi connectivity index (χ0v) is 11.7. The van der Waals surface area contributed by atoms with Crippen molar-refractivity contribution in [2.45, 2.75) is 39.7 Å². The van der Waals surface area contributed by atoms with E-state index in [0.29, 0.717) is 11.5 Å². The molecule has 0 radical (unpaired) electrons. The third-order valence-corrected chi connectivity index (χ3v) is 4.45. The van der Waals surface area contributed by atoms with Crippen molar-refractivity contribution in [1.29, 1.82) is 0 Å². The second-order valence-electron chi connectivity index (χ2n) is 6.27. The number of hydrogen-bond acceptors (Lipinski definition) is 3. The van der Waals surface area contributed by atoms with Crippen LogP contribution in [0.15, 0.2) is 0 Å². The van der Waals surface area contributed by atoms with Gasteiger partial charge in [0, 0.05) is 24.5 Å². The number of hydrogen-bond donors (Lipinski definition) is 1. The van der Waals surface area contributed by atoms with Crippen LogP contribution in [-0.2, 0) is 4.74 Å². The molecule has 2 aliphatic heterocycles. The highest BCUT2D eigenvalue weighted by atomic mass is 16.5. The first kappa shape index (κ1) is 13.3. The molecule has 2 aliphatic rings. The Morgan fingerprint density at radius 3 is 2.82 bits per heavy atom. The Hall–Kier alpha value is -0.120.